The van der Waals surface area contributed by atoms with E-state index >= 15 is 0 Å². The highest BCUT2D eigenvalue weighted by Crippen LogP contribution is 2.14. The Balaban J connectivity index is 4.74. The molecular weight excluding hydrogens is 192 g/mol. The molecule has 0 aliphatic carbocycles. The number of hydrogen-bond acceptors (Lipinski definition) is 4. The molecule has 0 aromatic heterocycles. The van der Waals surface area contributed by atoms with E-state index in [4.69, 9.17) is 16.2 Å². The SMILES string of the molecule is C=CC(N)(C=CCN)C(=O)OC(C)(C)C. The molecule has 4 heteroatoms. The van der Waals surface area contributed by atoms with E-state index in [0.717, 1.165) is 0 Å². The molecule has 0 saturated heterocycles. The van der Waals surface area contributed by atoms with Gasteiger partial charge in [0.25, 0.3) is 0 Å². The van der Waals surface area contributed by atoms with Gasteiger partial charge in [-0.2, -0.15) is 0 Å². The van der Waals surface area contributed by atoms with Gasteiger partial charge in [-0.15, -0.1) is 6.58 Å². The second-order valence-corrected chi connectivity index (χ2v) is 4.28. The maximum atomic E-state index is 11.7. The molecule has 0 rings (SSSR count). The minimum absolute atomic E-state index is 0.315. The molecule has 0 spiro atoms. The Labute approximate surface area is 91.0 Å². The molecule has 86 valence electrons. The smallest absolute Gasteiger partial charge is 0.334 e. The quantitative estimate of drug-likeness (QED) is 0.532. The van der Waals surface area contributed by atoms with Crippen molar-refractivity contribution in [3.05, 3.63) is 24.8 Å². The van der Waals surface area contributed by atoms with Crippen LogP contribution in [0.15, 0.2) is 24.8 Å². The fourth-order valence-corrected chi connectivity index (χ4v) is 0.849. The maximum absolute atomic E-state index is 11.7. The first-order valence-electron chi connectivity index (χ1n) is 4.79. The second kappa shape index (κ2) is 5.09. The fourth-order valence-electron chi connectivity index (χ4n) is 0.849. The van der Waals surface area contributed by atoms with Crippen LogP contribution in [0.1, 0.15) is 20.8 Å². The van der Waals surface area contributed by atoms with E-state index in [1.807, 2.05) is 0 Å². The van der Waals surface area contributed by atoms with Gasteiger partial charge in [-0.25, -0.2) is 4.79 Å². The highest BCUT2D eigenvalue weighted by atomic mass is 16.6. The lowest BCUT2D eigenvalue weighted by Crippen LogP contribution is -2.47. The van der Waals surface area contributed by atoms with Crippen molar-refractivity contribution in [2.75, 3.05) is 6.54 Å². The summed E-state index contributed by atoms with van der Waals surface area (Å²) in [5.41, 5.74) is 9.22. The normalized spacial score (nSPS) is 16.1. The molecule has 0 aromatic rings. The van der Waals surface area contributed by atoms with E-state index in [-0.39, 0.29) is 0 Å². The zero-order chi connectivity index (χ0) is 12.1. The molecule has 4 N–H and O–H groups in total. The first-order chi connectivity index (χ1) is 6.75. The van der Waals surface area contributed by atoms with Crippen molar-refractivity contribution in [2.24, 2.45) is 11.5 Å². The minimum atomic E-state index is -1.30. The average molecular weight is 212 g/mol. The Morgan fingerprint density at radius 2 is 2.00 bits per heavy atom. The van der Waals surface area contributed by atoms with Gasteiger partial charge in [0.2, 0.25) is 0 Å². The van der Waals surface area contributed by atoms with E-state index in [9.17, 15) is 4.79 Å². The molecule has 1 unspecified atom stereocenters. The van der Waals surface area contributed by atoms with E-state index in [1.54, 1.807) is 26.8 Å². The van der Waals surface area contributed by atoms with Crippen LogP contribution < -0.4 is 11.5 Å². The Morgan fingerprint density at radius 1 is 1.47 bits per heavy atom. The minimum Gasteiger partial charge on any atom is -0.458 e. The van der Waals surface area contributed by atoms with Crippen molar-refractivity contribution in [1.29, 1.82) is 0 Å². The van der Waals surface area contributed by atoms with Crippen molar-refractivity contribution >= 4 is 5.97 Å². The molecule has 0 aliphatic rings. The molecule has 1 atom stereocenters. The predicted molar refractivity (Wildman–Crippen MR) is 61.2 cm³/mol. The standard InChI is InChI=1S/C11H20N2O2/c1-5-11(13,7-6-8-12)9(14)15-10(2,3)4/h5-7H,1,8,12-13H2,2-4H3. The van der Waals surface area contributed by atoms with Gasteiger partial charge < -0.3 is 16.2 Å². The maximum Gasteiger partial charge on any atom is 0.334 e. The number of hydrogen-bond donors (Lipinski definition) is 2. The molecule has 0 aromatic carbocycles. The van der Waals surface area contributed by atoms with Crippen molar-refractivity contribution in [3.8, 4) is 0 Å². The van der Waals surface area contributed by atoms with E-state index in [0.29, 0.717) is 6.54 Å². The monoisotopic (exact) mass is 212 g/mol. The lowest BCUT2D eigenvalue weighted by atomic mass is 10.0. The van der Waals surface area contributed by atoms with E-state index in [2.05, 4.69) is 6.58 Å². The van der Waals surface area contributed by atoms with Crippen LogP contribution in [0.4, 0.5) is 0 Å². The van der Waals surface area contributed by atoms with Crippen LogP contribution in [-0.2, 0) is 9.53 Å². The van der Waals surface area contributed by atoms with Crippen LogP contribution in [0, 0.1) is 0 Å². The third-order valence-electron chi connectivity index (χ3n) is 1.62. The summed E-state index contributed by atoms with van der Waals surface area (Å²) in [7, 11) is 0. The summed E-state index contributed by atoms with van der Waals surface area (Å²) in [5.74, 6) is -0.533. The summed E-state index contributed by atoms with van der Waals surface area (Å²) in [5, 5.41) is 0. The molecule has 0 aliphatic heterocycles. The van der Waals surface area contributed by atoms with Crippen molar-refractivity contribution in [2.45, 2.75) is 31.9 Å². The molecule has 0 amide bonds. The lowest BCUT2D eigenvalue weighted by Gasteiger charge is -2.26. The first kappa shape index (κ1) is 13.9. The van der Waals surface area contributed by atoms with Crippen LogP contribution >= 0.6 is 0 Å². The Morgan fingerprint density at radius 3 is 2.33 bits per heavy atom. The van der Waals surface area contributed by atoms with Gasteiger partial charge in [0.05, 0.1) is 0 Å². The molecule has 15 heavy (non-hydrogen) atoms. The fraction of sp³-hybridized carbons (Fsp3) is 0.545. The average Bonchev–Trinajstić information content (AvgIpc) is 2.11. The summed E-state index contributed by atoms with van der Waals surface area (Å²) in [4.78, 5) is 11.7. The van der Waals surface area contributed by atoms with Gasteiger partial charge >= 0.3 is 5.97 Å². The van der Waals surface area contributed by atoms with Crippen LogP contribution in [0.2, 0.25) is 0 Å². The van der Waals surface area contributed by atoms with Gasteiger partial charge in [-0.3, -0.25) is 0 Å². The molecular formula is C11H20N2O2. The number of carbonyl (C=O) groups excluding carboxylic acids is 1. The zero-order valence-electron chi connectivity index (χ0n) is 9.62. The molecule has 0 radical (unpaired) electrons. The molecule has 0 saturated carbocycles. The largest absolute Gasteiger partial charge is 0.458 e. The summed E-state index contributed by atoms with van der Waals surface area (Å²) in [6.07, 6.45) is 4.44. The highest BCUT2D eigenvalue weighted by Gasteiger charge is 2.32. The summed E-state index contributed by atoms with van der Waals surface area (Å²) in [6.45, 7) is 9.17. The Kier molecular flexibility index (Phi) is 4.71. The lowest BCUT2D eigenvalue weighted by molar-refractivity contribution is -0.157. The number of ether oxygens (including phenoxy) is 1. The van der Waals surface area contributed by atoms with Crippen molar-refractivity contribution < 1.29 is 9.53 Å². The molecule has 0 bridgehead atoms. The number of rotatable bonds is 4. The zero-order valence-corrected chi connectivity index (χ0v) is 9.62. The van der Waals surface area contributed by atoms with Crippen LogP contribution in [-0.4, -0.2) is 23.7 Å². The van der Waals surface area contributed by atoms with Crippen LogP contribution in [0.25, 0.3) is 0 Å². The third-order valence-corrected chi connectivity index (χ3v) is 1.62. The first-order valence-corrected chi connectivity index (χ1v) is 4.79. The predicted octanol–water partition coefficient (Wildman–Crippen LogP) is 0.726. The van der Waals surface area contributed by atoms with Crippen molar-refractivity contribution in [3.63, 3.8) is 0 Å². The second-order valence-electron chi connectivity index (χ2n) is 4.28. The van der Waals surface area contributed by atoms with E-state index in [1.165, 1.54) is 12.2 Å². The Hall–Kier alpha value is -1.13. The third kappa shape index (κ3) is 4.76. The summed E-state index contributed by atoms with van der Waals surface area (Å²) >= 11 is 0. The number of nitrogens with two attached hydrogens (primary N) is 2. The number of carbonyl (C=O) groups is 1. The summed E-state index contributed by atoms with van der Waals surface area (Å²) < 4.78 is 5.16. The van der Waals surface area contributed by atoms with Gasteiger partial charge in [0.15, 0.2) is 5.54 Å². The molecule has 0 heterocycles. The van der Waals surface area contributed by atoms with Gasteiger partial charge in [0.1, 0.15) is 5.60 Å². The number of esters is 1. The Bertz CT molecular complexity index is 266. The van der Waals surface area contributed by atoms with Gasteiger partial charge in [-0.05, 0) is 20.8 Å². The molecule has 4 nitrogen and oxygen atoms in total. The topological polar surface area (TPSA) is 78.3 Å². The molecule has 0 fully saturated rings. The van der Waals surface area contributed by atoms with Crippen molar-refractivity contribution in [1.82, 2.24) is 0 Å². The van der Waals surface area contributed by atoms with Crippen LogP contribution in [0.3, 0.4) is 0 Å². The van der Waals surface area contributed by atoms with E-state index < -0.39 is 17.1 Å². The van der Waals surface area contributed by atoms with Gasteiger partial charge in [0, 0.05) is 6.54 Å². The van der Waals surface area contributed by atoms with Crippen LogP contribution in [0.5, 0.6) is 0 Å². The van der Waals surface area contributed by atoms with Gasteiger partial charge in [-0.1, -0.05) is 18.2 Å². The highest BCUT2D eigenvalue weighted by molar-refractivity contribution is 5.86. The summed E-state index contributed by atoms with van der Waals surface area (Å²) in [6, 6.07) is 0.